The molecular formula is C17H29NO. The van der Waals surface area contributed by atoms with Gasteiger partial charge in [0, 0.05) is 6.04 Å². The van der Waals surface area contributed by atoms with Crippen molar-refractivity contribution in [2.24, 2.45) is 0 Å². The molecule has 0 saturated carbocycles. The molecule has 2 nitrogen and oxygen atoms in total. The lowest BCUT2D eigenvalue weighted by molar-refractivity contribution is 0.256. The van der Waals surface area contributed by atoms with E-state index < -0.39 is 0 Å². The van der Waals surface area contributed by atoms with Gasteiger partial charge in [-0.15, -0.1) is 0 Å². The second-order valence-corrected chi connectivity index (χ2v) is 5.14. The van der Waals surface area contributed by atoms with Gasteiger partial charge in [0.05, 0.1) is 0 Å². The molecule has 0 fully saturated rings. The maximum absolute atomic E-state index is 5.89. The van der Waals surface area contributed by atoms with E-state index in [-0.39, 0.29) is 0 Å². The minimum atomic E-state index is 0.472. The molecule has 0 aliphatic carbocycles. The van der Waals surface area contributed by atoms with Crippen molar-refractivity contribution in [1.82, 2.24) is 5.32 Å². The molecule has 0 spiro atoms. The van der Waals surface area contributed by atoms with Crippen molar-refractivity contribution < 1.29 is 4.74 Å². The molecule has 0 amide bonds. The van der Waals surface area contributed by atoms with Gasteiger partial charge >= 0.3 is 0 Å². The molecule has 1 atom stereocenters. The smallest absolute Gasteiger partial charge is 0.119 e. The number of ether oxygens (including phenoxy) is 1. The second kappa shape index (κ2) is 9.85. The van der Waals surface area contributed by atoms with Crippen LogP contribution in [0.2, 0.25) is 0 Å². The Balaban J connectivity index is 2.39. The van der Waals surface area contributed by atoms with Gasteiger partial charge in [0.15, 0.2) is 0 Å². The number of rotatable bonds is 10. The lowest BCUT2D eigenvalue weighted by atomic mass is 10.1. The van der Waals surface area contributed by atoms with Gasteiger partial charge in [-0.05, 0) is 43.5 Å². The van der Waals surface area contributed by atoms with Crippen LogP contribution in [0.4, 0.5) is 0 Å². The molecule has 0 heterocycles. The van der Waals surface area contributed by atoms with Gasteiger partial charge in [-0.3, -0.25) is 0 Å². The summed E-state index contributed by atoms with van der Waals surface area (Å²) in [7, 11) is 0. The lowest BCUT2D eigenvalue weighted by Crippen LogP contribution is -2.35. The monoisotopic (exact) mass is 263 g/mol. The van der Waals surface area contributed by atoms with Crippen LogP contribution in [0.5, 0.6) is 5.75 Å². The molecule has 19 heavy (non-hydrogen) atoms. The molecule has 0 saturated heterocycles. The van der Waals surface area contributed by atoms with Gasteiger partial charge in [0.2, 0.25) is 0 Å². The molecule has 1 rings (SSSR count). The zero-order valence-corrected chi connectivity index (χ0v) is 12.7. The molecule has 0 aliphatic heterocycles. The highest BCUT2D eigenvalue weighted by Gasteiger charge is 2.07. The Morgan fingerprint density at radius 3 is 2.32 bits per heavy atom. The summed E-state index contributed by atoms with van der Waals surface area (Å²) in [5, 5.41) is 3.55. The van der Waals surface area contributed by atoms with Crippen molar-refractivity contribution in [2.45, 2.75) is 58.9 Å². The van der Waals surface area contributed by atoms with Crippen molar-refractivity contribution in [3.8, 4) is 5.75 Å². The predicted octanol–water partition coefficient (Wildman–Crippen LogP) is 4.19. The summed E-state index contributed by atoms with van der Waals surface area (Å²) in [6, 6.07) is 9.00. The molecule has 1 unspecified atom stereocenters. The van der Waals surface area contributed by atoms with E-state index in [4.69, 9.17) is 4.74 Å². The van der Waals surface area contributed by atoms with Crippen LogP contribution >= 0.6 is 0 Å². The maximum atomic E-state index is 5.89. The summed E-state index contributed by atoms with van der Waals surface area (Å²) in [6.07, 6.45) is 5.89. The SMILES string of the molecule is CCCNC(CCC)COc1ccc(CCC)cc1. The molecular weight excluding hydrogens is 234 g/mol. The first kappa shape index (κ1) is 16.0. The van der Waals surface area contributed by atoms with Gasteiger partial charge in [-0.2, -0.15) is 0 Å². The van der Waals surface area contributed by atoms with Crippen LogP contribution in [0.3, 0.4) is 0 Å². The Labute approximate surface area is 118 Å². The molecule has 108 valence electrons. The molecule has 1 aromatic rings. The van der Waals surface area contributed by atoms with Crippen molar-refractivity contribution in [2.75, 3.05) is 13.2 Å². The molecule has 0 radical (unpaired) electrons. The summed E-state index contributed by atoms with van der Waals surface area (Å²) in [5.74, 6) is 0.985. The van der Waals surface area contributed by atoms with Crippen LogP contribution in [0.15, 0.2) is 24.3 Å². The number of benzene rings is 1. The minimum Gasteiger partial charge on any atom is -0.492 e. The van der Waals surface area contributed by atoms with Crippen LogP contribution in [-0.2, 0) is 6.42 Å². The first-order chi connectivity index (χ1) is 9.30. The van der Waals surface area contributed by atoms with Crippen molar-refractivity contribution >= 4 is 0 Å². The molecule has 0 aromatic heterocycles. The van der Waals surface area contributed by atoms with Gasteiger partial charge in [-0.25, -0.2) is 0 Å². The Hall–Kier alpha value is -1.02. The number of hydrogen-bond acceptors (Lipinski definition) is 2. The third kappa shape index (κ3) is 6.63. The second-order valence-electron chi connectivity index (χ2n) is 5.14. The summed E-state index contributed by atoms with van der Waals surface area (Å²) in [5.41, 5.74) is 1.39. The van der Waals surface area contributed by atoms with E-state index in [9.17, 15) is 0 Å². The molecule has 1 aromatic carbocycles. The average molecular weight is 263 g/mol. The standard InChI is InChI=1S/C17H29NO/c1-4-7-15-9-11-17(12-10-15)19-14-16(8-5-2)18-13-6-3/h9-12,16,18H,4-8,13-14H2,1-3H3. The van der Waals surface area contributed by atoms with Crippen molar-refractivity contribution in [1.29, 1.82) is 0 Å². The van der Waals surface area contributed by atoms with Gasteiger partial charge in [0.1, 0.15) is 12.4 Å². The van der Waals surface area contributed by atoms with Gasteiger partial charge in [0.25, 0.3) is 0 Å². The molecule has 0 bridgehead atoms. The lowest BCUT2D eigenvalue weighted by Gasteiger charge is -2.18. The van der Waals surface area contributed by atoms with Crippen LogP contribution in [-0.4, -0.2) is 19.2 Å². The van der Waals surface area contributed by atoms with E-state index in [1.807, 2.05) is 0 Å². The number of hydrogen-bond donors (Lipinski definition) is 1. The first-order valence-electron chi connectivity index (χ1n) is 7.75. The fourth-order valence-electron chi connectivity index (χ4n) is 2.18. The third-order valence-electron chi connectivity index (χ3n) is 3.23. The highest BCUT2D eigenvalue weighted by atomic mass is 16.5. The number of aryl methyl sites for hydroxylation is 1. The topological polar surface area (TPSA) is 21.3 Å². The Morgan fingerprint density at radius 1 is 1.00 bits per heavy atom. The third-order valence-corrected chi connectivity index (χ3v) is 3.23. The van der Waals surface area contributed by atoms with E-state index in [1.54, 1.807) is 0 Å². The summed E-state index contributed by atoms with van der Waals surface area (Å²) >= 11 is 0. The van der Waals surface area contributed by atoms with E-state index in [0.717, 1.165) is 25.3 Å². The summed E-state index contributed by atoms with van der Waals surface area (Å²) in [6.45, 7) is 8.47. The summed E-state index contributed by atoms with van der Waals surface area (Å²) in [4.78, 5) is 0. The Kier molecular flexibility index (Phi) is 8.31. The fourth-order valence-corrected chi connectivity index (χ4v) is 2.18. The molecule has 0 aliphatic rings. The van der Waals surface area contributed by atoms with Crippen LogP contribution in [0.1, 0.15) is 52.0 Å². The normalized spacial score (nSPS) is 12.4. The zero-order chi connectivity index (χ0) is 13.9. The highest BCUT2D eigenvalue weighted by Crippen LogP contribution is 2.14. The average Bonchev–Trinajstić information content (AvgIpc) is 2.44. The van der Waals surface area contributed by atoms with Gasteiger partial charge < -0.3 is 10.1 Å². The largest absolute Gasteiger partial charge is 0.492 e. The van der Waals surface area contributed by atoms with E-state index in [0.29, 0.717) is 6.04 Å². The molecule has 1 N–H and O–H groups in total. The van der Waals surface area contributed by atoms with E-state index in [2.05, 4.69) is 50.4 Å². The van der Waals surface area contributed by atoms with E-state index in [1.165, 1.54) is 31.2 Å². The Bertz CT molecular complexity index is 321. The minimum absolute atomic E-state index is 0.472. The number of nitrogens with one attached hydrogen (secondary N) is 1. The Morgan fingerprint density at radius 2 is 1.74 bits per heavy atom. The maximum Gasteiger partial charge on any atom is 0.119 e. The molecule has 2 heteroatoms. The quantitative estimate of drug-likeness (QED) is 0.683. The predicted molar refractivity (Wildman–Crippen MR) is 82.9 cm³/mol. The van der Waals surface area contributed by atoms with Crippen LogP contribution in [0.25, 0.3) is 0 Å². The van der Waals surface area contributed by atoms with Gasteiger partial charge in [-0.1, -0.05) is 45.7 Å². The van der Waals surface area contributed by atoms with Crippen LogP contribution < -0.4 is 10.1 Å². The first-order valence-corrected chi connectivity index (χ1v) is 7.75. The van der Waals surface area contributed by atoms with Crippen molar-refractivity contribution in [3.05, 3.63) is 29.8 Å². The zero-order valence-electron chi connectivity index (χ0n) is 12.7. The van der Waals surface area contributed by atoms with Crippen molar-refractivity contribution in [3.63, 3.8) is 0 Å². The van der Waals surface area contributed by atoms with E-state index >= 15 is 0 Å². The summed E-state index contributed by atoms with van der Waals surface area (Å²) < 4.78 is 5.89. The van der Waals surface area contributed by atoms with Crippen LogP contribution in [0, 0.1) is 0 Å². The fraction of sp³-hybridized carbons (Fsp3) is 0.647. The highest BCUT2D eigenvalue weighted by molar-refractivity contribution is 5.27.